The molecule has 2 aliphatic heterocycles. The highest BCUT2D eigenvalue weighted by molar-refractivity contribution is 7.80. The standard InChI is InChI=1S/C32H33N5O3S/c1-20-7-8-23(31(38)39)19-28(20)36-21(2)18-26(22(36)3)30-29(27-6-4-5-13-33-27)34-32(41)37(30)25-11-9-24(10-12-25)35-14-16-40-17-15-35/h4-13,18-19,29-30H,14-17H2,1-3H3,(H,34,41)(H,38,39)/t29-,30+/m1/s1. The van der Waals surface area contributed by atoms with E-state index in [1.165, 1.54) is 5.69 Å². The first-order valence-electron chi connectivity index (χ1n) is 13.8. The van der Waals surface area contributed by atoms with Gasteiger partial charge in [0.15, 0.2) is 5.11 Å². The number of aryl methyl sites for hydroxylation is 2. The number of carbonyl (C=O) groups is 1. The molecule has 6 rings (SSSR count). The Balaban J connectivity index is 1.45. The first-order chi connectivity index (χ1) is 19.8. The van der Waals surface area contributed by atoms with E-state index in [1.807, 2.05) is 31.2 Å². The van der Waals surface area contributed by atoms with Gasteiger partial charge in [0.2, 0.25) is 0 Å². The monoisotopic (exact) mass is 567 g/mol. The maximum atomic E-state index is 11.8. The van der Waals surface area contributed by atoms with Gasteiger partial charge < -0.3 is 29.5 Å². The number of carboxylic acids is 1. The van der Waals surface area contributed by atoms with E-state index >= 15 is 0 Å². The van der Waals surface area contributed by atoms with Crippen LogP contribution in [-0.4, -0.2) is 52.0 Å². The van der Waals surface area contributed by atoms with Gasteiger partial charge >= 0.3 is 5.97 Å². The molecule has 2 atom stereocenters. The number of hydrogen-bond acceptors (Lipinski definition) is 5. The Morgan fingerprint density at radius 2 is 1.73 bits per heavy atom. The molecule has 0 aliphatic carbocycles. The molecule has 0 bridgehead atoms. The van der Waals surface area contributed by atoms with E-state index in [9.17, 15) is 9.90 Å². The topological polar surface area (TPSA) is 82.9 Å². The van der Waals surface area contributed by atoms with Crippen LogP contribution in [0.5, 0.6) is 0 Å². The lowest BCUT2D eigenvalue weighted by atomic mass is 9.96. The van der Waals surface area contributed by atoms with Gasteiger partial charge in [-0.1, -0.05) is 12.1 Å². The number of rotatable bonds is 6. The van der Waals surface area contributed by atoms with Gasteiger partial charge in [-0.3, -0.25) is 4.98 Å². The maximum absolute atomic E-state index is 11.8. The van der Waals surface area contributed by atoms with E-state index in [4.69, 9.17) is 21.9 Å². The van der Waals surface area contributed by atoms with Crippen molar-refractivity contribution in [3.63, 3.8) is 0 Å². The van der Waals surface area contributed by atoms with Crippen LogP contribution in [-0.2, 0) is 4.74 Å². The largest absolute Gasteiger partial charge is 0.478 e. The maximum Gasteiger partial charge on any atom is 0.335 e. The number of ether oxygens (including phenoxy) is 1. The molecule has 0 saturated carbocycles. The van der Waals surface area contributed by atoms with E-state index in [2.05, 4.69) is 63.9 Å². The summed E-state index contributed by atoms with van der Waals surface area (Å²) in [6.07, 6.45) is 1.81. The van der Waals surface area contributed by atoms with Crippen LogP contribution in [0.1, 0.15) is 50.7 Å². The zero-order valence-corrected chi connectivity index (χ0v) is 24.2. The van der Waals surface area contributed by atoms with Crippen LogP contribution < -0.4 is 15.1 Å². The number of carboxylic acid groups (broad SMARTS) is 1. The van der Waals surface area contributed by atoms with Crippen LogP contribution in [0.2, 0.25) is 0 Å². The summed E-state index contributed by atoms with van der Waals surface area (Å²) in [6, 6.07) is 21.6. The van der Waals surface area contributed by atoms with Gasteiger partial charge in [-0.05, 0) is 98.7 Å². The van der Waals surface area contributed by atoms with Gasteiger partial charge in [0.05, 0.1) is 36.6 Å². The quantitative estimate of drug-likeness (QED) is 0.295. The molecule has 9 heteroatoms. The molecule has 0 spiro atoms. The molecule has 210 valence electrons. The summed E-state index contributed by atoms with van der Waals surface area (Å²) in [4.78, 5) is 21.0. The average Bonchev–Trinajstić information content (AvgIpc) is 3.48. The van der Waals surface area contributed by atoms with E-state index in [1.54, 1.807) is 18.3 Å². The zero-order valence-electron chi connectivity index (χ0n) is 23.4. The minimum atomic E-state index is -0.943. The van der Waals surface area contributed by atoms with E-state index < -0.39 is 5.97 Å². The molecule has 41 heavy (non-hydrogen) atoms. The number of thiocarbonyl (C=S) groups is 1. The van der Waals surface area contributed by atoms with Crippen molar-refractivity contribution >= 4 is 34.7 Å². The molecule has 2 N–H and O–H groups in total. The number of nitrogens with one attached hydrogen (secondary N) is 1. The SMILES string of the molecule is Cc1ccc(C(=O)O)cc1-n1c(C)cc([C@H]2[C@@H](c3ccccn3)NC(=S)N2c2ccc(N3CCOCC3)cc2)c1C. The smallest absolute Gasteiger partial charge is 0.335 e. The Morgan fingerprint density at radius 3 is 2.41 bits per heavy atom. The average molecular weight is 568 g/mol. The van der Waals surface area contributed by atoms with Crippen molar-refractivity contribution in [1.82, 2.24) is 14.9 Å². The minimum absolute atomic E-state index is 0.172. The molecular formula is C32H33N5O3S. The molecule has 4 aromatic rings. The van der Waals surface area contributed by atoms with Crippen LogP contribution in [0, 0.1) is 20.8 Å². The summed E-state index contributed by atoms with van der Waals surface area (Å²) >= 11 is 5.97. The third-order valence-corrected chi connectivity index (χ3v) is 8.40. The number of benzene rings is 2. The lowest BCUT2D eigenvalue weighted by Crippen LogP contribution is -2.36. The van der Waals surface area contributed by atoms with Crippen LogP contribution in [0.15, 0.2) is 72.9 Å². The highest BCUT2D eigenvalue weighted by Gasteiger charge is 2.42. The molecule has 0 radical (unpaired) electrons. The molecule has 4 heterocycles. The van der Waals surface area contributed by atoms with Crippen molar-refractivity contribution < 1.29 is 14.6 Å². The normalized spacial score (nSPS) is 19.0. The summed E-state index contributed by atoms with van der Waals surface area (Å²) < 4.78 is 7.67. The Kier molecular flexibility index (Phi) is 7.23. The van der Waals surface area contributed by atoms with E-state index in [-0.39, 0.29) is 17.6 Å². The van der Waals surface area contributed by atoms with E-state index in [0.29, 0.717) is 5.11 Å². The fourth-order valence-electron chi connectivity index (χ4n) is 6.04. The predicted octanol–water partition coefficient (Wildman–Crippen LogP) is 5.51. The van der Waals surface area contributed by atoms with Crippen molar-refractivity contribution in [3.8, 4) is 5.69 Å². The van der Waals surface area contributed by atoms with E-state index in [0.717, 1.165) is 65.9 Å². The summed E-state index contributed by atoms with van der Waals surface area (Å²) in [7, 11) is 0. The van der Waals surface area contributed by atoms with Crippen molar-refractivity contribution in [1.29, 1.82) is 0 Å². The molecule has 2 aromatic heterocycles. The first kappa shape index (κ1) is 27.0. The second-order valence-electron chi connectivity index (χ2n) is 10.6. The van der Waals surface area contributed by atoms with Crippen LogP contribution in [0.4, 0.5) is 11.4 Å². The van der Waals surface area contributed by atoms with Crippen molar-refractivity contribution in [2.24, 2.45) is 0 Å². The highest BCUT2D eigenvalue weighted by atomic mass is 32.1. The lowest BCUT2D eigenvalue weighted by Gasteiger charge is -2.31. The van der Waals surface area contributed by atoms with Crippen molar-refractivity contribution in [2.75, 3.05) is 36.1 Å². The van der Waals surface area contributed by atoms with Gasteiger partial charge in [-0.15, -0.1) is 0 Å². The van der Waals surface area contributed by atoms with Gasteiger partial charge in [-0.2, -0.15) is 0 Å². The molecule has 2 saturated heterocycles. The van der Waals surface area contributed by atoms with Crippen LogP contribution >= 0.6 is 12.2 Å². The van der Waals surface area contributed by atoms with Gasteiger partial charge in [0, 0.05) is 47.7 Å². The third-order valence-electron chi connectivity index (χ3n) is 8.09. The Hall–Kier alpha value is -4.21. The highest BCUT2D eigenvalue weighted by Crippen LogP contribution is 2.44. The van der Waals surface area contributed by atoms with Crippen LogP contribution in [0.3, 0.4) is 0 Å². The molecule has 2 fully saturated rings. The first-order valence-corrected chi connectivity index (χ1v) is 14.2. The zero-order chi connectivity index (χ0) is 28.7. The summed E-state index contributed by atoms with van der Waals surface area (Å²) in [5, 5.41) is 13.9. The van der Waals surface area contributed by atoms with Crippen molar-refractivity contribution in [3.05, 3.63) is 107 Å². The number of aromatic carboxylic acids is 1. The molecule has 2 aliphatic rings. The molecule has 8 nitrogen and oxygen atoms in total. The number of aromatic nitrogens is 2. The molecular weight excluding hydrogens is 534 g/mol. The Bertz CT molecular complexity index is 1600. The minimum Gasteiger partial charge on any atom is -0.478 e. The number of hydrogen-bond donors (Lipinski definition) is 2. The van der Waals surface area contributed by atoms with Gasteiger partial charge in [0.25, 0.3) is 0 Å². The van der Waals surface area contributed by atoms with Crippen molar-refractivity contribution in [2.45, 2.75) is 32.9 Å². The summed E-state index contributed by atoms with van der Waals surface area (Å²) in [5.74, 6) is -0.943. The lowest BCUT2D eigenvalue weighted by molar-refractivity contribution is 0.0697. The number of pyridine rings is 1. The summed E-state index contributed by atoms with van der Waals surface area (Å²) in [5.41, 5.74) is 8.33. The fourth-order valence-corrected chi connectivity index (χ4v) is 6.38. The second-order valence-corrected chi connectivity index (χ2v) is 11.0. The molecule has 0 amide bonds. The molecule has 2 aromatic carbocycles. The van der Waals surface area contributed by atoms with Crippen LogP contribution in [0.25, 0.3) is 5.69 Å². The number of nitrogens with zero attached hydrogens (tertiary/aromatic N) is 4. The third kappa shape index (κ3) is 4.96. The Labute approximate surface area is 245 Å². The second kappa shape index (κ2) is 11.0. The Morgan fingerprint density at radius 1 is 1.00 bits per heavy atom. The van der Waals surface area contributed by atoms with Gasteiger partial charge in [-0.25, -0.2) is 4.79 Å². The number of anilines is 2. The molecule has 0 unspecified atom stereocenters. The predicted molar refractivity (Wildman–Crippen MR) is 164 cm³/mol. The fraction of sp³-hybridized carbons (Fsp3) is 0.281. The summed E-state index contributed by atoms with van der Waals surface area (Å²) in [6.45, 7) is 9.38. The van der Waals surface area contributed by atoms with Gasteiger partial charge in [0.1, 0.15) is 0 Å². The number of morpholine rings is 1.